The van der Waals surface area contributed by atoms with Crippen molar-refractivity contribution in [2.45, 2.75) is 56.8 Å². The Morgan fingerprint density at radius 2 is 1.51 bits per heavy atom. The lowest BCUT2D eigenvalue weighted by Crippen LogP contribution is -2.37. The van der Waals surface area contributed by atoms with E-state index in [1.807, 2.05) is 37.3 Å². The van der Waals surface area contributed by atoms with Gasteiger partial charge in [-0.25, -0.2) is 0 Å². The molecule has 3 aromatic carbocycles. The summed E-state index contributed by atoms with van der Waals surface area (Å²) in [5.41, 5.74) is 8.46. The second-order valence-corrected chi connectivity index (χ2v) is 10.4. The van der Waals surface area contributed by atoms with Gasteiger partial charge in [0.25, 0.3) is 0 Å². The van der Waals surface area contributed by atoms with Crippen LogP contribution in [0.5, 0.6) is 5.75 Å². The summed E-state index contributed by atoms with van der Waals surface area (Å²) in [7, 11) is -4.04. The molecule has 0 bridgehead atoms. The van der Waals surface area contributed by atoms with E-state index >= 15 is 0 Å². The highest BCUT2D eigenvalue weighted by Crippen LogP contribution is 2.27. The Hall–Kier alpha value is -3.69. The highest BCUT2D eigenvalue weighted by atomic mass is 32.2. The zero-order chi connectivity index (χ0) is 27.0. The largest absolute Gasteiger partial charge is 0.463 e. The number of nitrogens with two attached hydrogens (primary N) is 1. The van der Waals surface area contributed by atoms with Crippen LogP contribution in [0.4, 0.5) is 0 Å². The van der Waals surface area contributed by atoms with E-state index in [1.54, 1.807) is 26.0 Å². The fraction of sp³-hybridized carbons (Fsp3) is 0.286. The molecule has 0 saturated heterocycles. The Bertz CT molecular complexity index is 1290. The second-order valence-electron chi connectivity index (χ2n) is 8.90. The van der Waals surface area contributed by atoms with Gasteiger partial charge < -0.3 is 19.4 Å². The van der Waals surface area contributed by atoms with Crippen LogP contribution in [0.15, 0.2) is 83.8 Å². The molecule has 0 aliphatic rings. The van der Waals surface area contributed by atoms with Crippen LogP contribution in [-0.2, 0) is 35.8 Å². The number of rotatable bonds is 11. The van der Waals surface area contributed by atoms with Gasteiger partial charge >= 0.3 is 22.1 Å². The standard InChI is InChI=1S/C28H31NO7S/c1-19(2)35-26(30)17-25(29)27(28(31)34-18-21-7-5-4-6-8-21)22-11-13-23(14-12-22)36-37(32,33)24-15-9-20(3)10-16-24/h4-16,19,25,27H,17-18,29H2,1-3H3. The second kappa shape index (κ2) is 12.5. The molecule has 0 radical (unpaired) electrons. The Morgan fingerprint density at radius 1 is 0.892 bits per heavy atom. The third-order valence-corrected chi connectivity index (χ3v) is 6.69. The topological polar surface area (TPSA) is 122 Å². The predicted octanol–water partition coefficient (Wildman–Crippen LogP) is 4.26. The number of benzene rings is 3. The van der Waals surface area contributed by atoms with Gasteiger partial charge in [-0.15, -0.1) is 0 Å². The first kappa shape index (κ1) is 27.9. The van der Waals surface area contributed by atoms with Gasteiger partial charge in [0, 0.05) is 6.04 Å². The molecule has 2 unspecified atom stereocenters. The fourth-order valence-electron chi connectivity index (χ4n) is 3.61. The van der Waals surface area contributed by atoms with Crippen LogP contribution in [0.1, 0.15) is 42.9 Å². The average Bonchev–Trinajstić information content (AvgIpc) is 2.84. The quantitative estimate of drug-likeness (QED) is 0.291. The van der Waals surface area contributed by atoms with Crippen molar-refractivity contribution >= 4 is 22.1 Å². The van der Waals surface area contributed by atoms with E-state index in [4.69, 9.17) is 19.4 Å². The molecule has 8 nitrogen and oxygen atoms in total. The molecule has 0 aliphatic heterocycles. The van der Waals surface area contributed by atoms with E-state index < -0.39 is 34.0 Å². The highest BCUT2D eigenvalue weighted by molar-refractivity contribution is 7.87. The number of ether oxygens (including phenoxy) is 2. The molecule has 196 valence electrons. The Labute approximate surface area is 217 Å². The molecule has 2 atom stereocenters. The van der Waals surface area contributed by atoms with Crippen molar-refractivity contribution in [3.05, 3.63) is 95.6 Å². The zero-order valence-corrected chi connectivity index (χ0v) is 21.8. The lowest BCUT2D eigenvalue weighted by molar-refractivity contribution is -0.150. The normalized spacial score (nSPS) is 13.0. The third kappa shape index (κ3) is 8.16. The maximum atomic E-state index is 13.1. The summed E-state index contributed by atoms with van der Waals surface area (Å²) in [5.74, 6) is -2.08. The van der Waals surface area contributed by atoms with Crippen molar-refractivity contribution in [3.63, 3.8) is 0 Å². The van der Waals surface area contributed by atoms with Crippen LogP contribution >= 0.6 is 0 Å². The summed E-state index contributed by atoms with van der Waals surface area (Å²) in [6.45, 7) is 5.33. The molecule has 3 aromatic rings. The van der Waals surface area contributed by atoms with Crippen molar-refractivity contribution in [2.24, 2.45) is 5.73 Å². The SMILES string of the molecule is Cc1ccc(S(=O)(=O)Oc2ccc(C(C(=O)OCc3ccccc3)C(N)CC(=O)OC(C)C)cc2)cc1. The number of hydrogen-bond donors (Lipinski definition) is 1. The minimum Gasteiger partial charge on any atom is -0.463 e. The molecule has 0 fully saturated rings. The number of esters is 2. The van der Waals surface area contributed by atoms with Crippen molar-refractivity contribution < 1.29 is 31.7 Å². The molecule has 0 heterocycles. The van der Waals surface area contributed by atoms with Gasteiger partial charge in [-0.05, 0) is 56.2 Å². The van der Waals surface area contributed by atoms with Gasteiger partial charge in [0.1, 0.15) is 17.3 Å². The van der Waals surface area contributed by atoms with Gasteiger partial charge in [0.15, 0.2) is 0 Å². The van der Waals surface area contributed by atoms with E-state index in [0.29, 0.717) is 5.56 Å². The molecule has 0 aliphatic carbocycles. The molecule has 0 saturated carbocycles. The summed E-state index contributed by atoms with van der Waals surface area (Å²) in [5, 5.41) is 0. The minimum absolute atomic E-state index is 0.0234. The first-order valence-electron chi connectivity index (χ1n) is 11.8. The number of aryl methyl sites for hydroxylation is 1. The van der Waals surface area contributed by atoms with E-state index in [9.17, 15) is 18.0 Å². The van der Waals surface area contributed by atoms with E-state index in [1.165, 1.54) is 36.4 Å². The lowest BCUT2D eigenvalue weighted by Gasteiger charge is -2.23. The van der Waals surface area contributed by atoms with Crippen molar-refractivity contribution in [1.29, 1.82) is 0 Å². The molecule has 0 amide bonds. The van der Waals surface area contributed by atoms with Gasteiger partial charge in [0.2, 0.25) is 0 Å². The minimum atomic E-state index is -4.04. The van der Waals surface area contributed by atoms with E-state index in [0.717, 1.165) is 11.1 Å². The Morgan fingerprint density at radius 3 is 2.11 bits per heavy atom. The zero-order valence-electron chi connectivity index (χ0n) is 21.0. The first-order valence-corrected chi connectivity index (χ1v) is 13.2. The number of hydrogen-bond acceptors (Lipinski definition) is 8. The molecular weight excluding hydrogens is 494 g/mol. The van der Waals surface area contributed by atoms with Crippen LogP contribution in [0.3, 0.4) is 0 Å². The Kier molecular flexibility index (Phi) is 9.43. The summed E-state index contributed by atoms with van der Waals surface area (Å²) >= 11 is 0. The third-order valence-electron chi connectivity index (χ3n) is 5.43. The van der Waals surface area contributed by atoms with Crippen LogP contribution in [0.2, 0.25) is 0 Å². The maximum Gasteiger partial charge on any atom is 0.339 e. The molecule has 0 aromatic heterocycles. The van der Waals surface area contributed by atoms with Gasteiger partial charge in [-0.1, -0.05) is 60.2 Å². The van der Waals surface area contributed by atoms with Crippen LogP contribution in [0.25, 0.3) is 0 Å². The Balaban J connectivity index is 1.79. The predicted molar refractivity (Wildman–Crippen MR) is 138 cm³/mol. The van der Waals surface area contributed by atoms with Crippen LogP contribution < -0.4 is 9.92 Å². The summed E-state index contributed by atoms with van der Waals surface area (Å²) < 4.78 is 41.2. The van der Waals surface area contributed by atoms with Crippen molar-refractivity contribution in [1.82, 2.24) is 0 Å². The highest BCUT2D eigenvalue weighted by Gasteiger charge is 2.31. The first-order chi connectivity index (χ1) is 17.5. The van der Waals surface area contributed by atoms with E-state index in [-0.39, 0.29) is 29.8 Å². The number of carbonyl (C=O) groups excluding carboxylic acids is 2. The van der Waals surface area contributed by atoms with Gasteiger partial charge in [-0.3, -0.25) is 9.59 Å². The smallest absolute Gasteiger partial charge is 0.339 e. The van der Waals surface area contributed by atoms with E-state index in [2.05, 4.69) is 0 Å². The fourth-order valence-corrected chi connectivity index (χ4v) is 4.54. The molecular formula is C28H31NO7S. The molecule has 9 heteroatoms. The van der Waals surface area contributed by atoms with Crippen LogP contribution in [0, 0.1) is 6.92 Å². The summed E-state index contributed by atoms with van der Waals surface area (Å²) in [6.07, 6.45) is -0.529. The molecule has 0 spiro atoms. The van der Waals surface area contributed by atoms with Crippen LogP contribution in [-0.4, -0.2) is 32.5 Å². The van der Waals surface area contributed by atoms with Crippen molar-refractivity contribution in [2.75, 3.05) is 0 Å². The molecule has 2 N–H and O–H groups in total. The van der Waals surface area contributed by atoms with Crippen molar-refractivity contribution in [3.8, 4) is 5.75 Å². The van der Waals surface area contributed by atoms with Gasteiger partial charge in [0.05, 0.1) is 18.4 Å². The molecule has 37 heavy (non-hydrogen) atoms. The summed E-state index contributed by atoms with van der Waals surface area (Å²) in [6, 6.07) is 20.4. The molecule has 3 rings (SSSR count). The van der Waals surface area contributed by atoms with Gasteiger partial charge in [-0.2, -0.15) is 8.42 Å². The monoisotopic (exact) mass is 525 g/mol. The maximum absolute atomic E-state index is 13.1. The lowest BCUT2D eigenvalue weighted by atomic mass is 9.90. The summed E-state index contributed by atoms with van der Waals surface area (Å²) in [4.78, 5) is 25.4. The average molecular weight is 526 g/mol. The number of carbonyl (C=O) groups is 2.